The molecular formula is C25H22BrN3O3. The highest BCUT2D eigenvalue weighted by Gasteiger charge is 2.23. The number of anilines is 1. The number of ether oxygens (including phenoxy) is 1. The number of aromatic nitrogens is 2. The van der Waals surface area contributed by atoms with Crippen LogP contribution in [0.5, 0.6) is 0 Å². The zero-order chi connectivity index (χ0) is 22.7. The number of aromatic amines is 1. The van der Waals surface area contributed by atoms with Gasteiger partial charge in [-0.25, -0.2) is 9.78 Å². The van der Waals surface area contributed by atoms with Crippen LogP contribution in [-0.4, -0.2) is 27.9 Å². The van der Waals surface area contributed by atoms with E-state index in [0.717, 1.165) is 26.9 Å². The molecule has 0 spiro atoms. The number of hydrogen-bond donors (Lipinski definition) is 2. The van der Waals surface area contributed by atoms with Crippen LogP contribution >= 0.6 is 15.9 Å². The van der Waals surface area contributed by atoms with Gasteiger partial charge in [-0.3, -0.25) is 4.79 Å². The first-order chi connectivity index (χ1) is 15.4. The zero-order valence-electron chi connectivity index (χ0n) is 17.7. The van der Waals surface area contributed by atoms with Gasteiger partial charge < -0.3 is 15.0 Å². The molecule has 2 N–H and O–H groups in total. The van der Waals surface area contributed by atoms with Crippen LogP contribution in [0.3, 0.4) is 0 Å². The Bertz CT molecular complexity index is 1280. The molecular weight excluding hydrogens is 470 g/mol. The molecule has 4 aromatic rings. The Morgan fingerprint density at radius 2 is 1.84 bits per heavy atom. The van der Waals surface area contributed by atoms with Crippen molar-refractivity contribution in [3.8, 4) is 11.4 Å². The maximum atomic E-state index is 12.7. The molecule has 1 aromatic heterocycles. The molecule has 1 amide bonds. The highest BCUT2D eigenvalue weighted by atomic mass is 79.9. The predicted octanol–water partition coefficient (Wildman–Crippen LogP) is 5.87. The summed E-state index contributed by atoms with van der Waals surface area (Å²) < 4.78 is 6.27. The SMILES string of the molecule is CCC(OC(=O)c1ccc2nc(-c3ccc(C)cc3)[nH]c2c1)C(=O)Nc1ccccc1Br. The fraction of sp³-hybridized carbons (Fsp3) is 0.160. The number of halogens is 1. The topological polar surface area (TPSA) is 84.1 Å². The van der Waals surface area contributed by atoms with E-state index in [-0.39, 0.29) is 5.91 Å². The quantitative estimate of drug-likeness (QED) is 0.330. The summed E-state index contributed by atoms with van der Waals surface area (Å²) in [6, 6.07) is 20.4. The Balaban J connectivity index is 1.50. The summed E-state index contributed by atoms with van der Waals surface area (Å²) in [6.45, 7) is 3.83. The number of fused-ring (bicyclic) bond motifs is 1. The maximum Gasteiger partial charge on any atom is 0.338 e. The van der Waals surface area contributed by atoms with Gasteiger partial charge in [-0.05, 0) is 59.6 Å². The summed E-state index contributed by atoms with van der Waals surface area (Å²) in [4.78, 5) is 33.2. The maximum absolute atomic E-state index is 12.7. The second-order valence-corrected chi connectivity index (χ2v) is 8.31. The molecule has 0 radical (unpaired) electrons. The van der Waals surface area contributed by atoms with Crippen molar-refractivity contribution in [3.05, 3.63) is 82.3 Å². The summed E-state index contributed by atoms with van der Waals surface area (Å²) in [5, 5.41) is 2.79. The van der Waals surface area contributed by atoms with E-state index in [1.165, 1.54) is 5.56 Å². The van der Waals surface area contributed by atoms with Crippen molar-refractivity contribution >= 4 is 44.5 Å². The highest BCUT2D eigenvalue weighted by Crippen LogP contribution is 2.24. The normalized spacial score (nSPS) is 11.8. The minimum Gasteiger partial charge on any atom is -0.449 e. The average Bonchev–Trinajstić information content (AvgIpc) is 3.22. The molecule has 3 aromatic carbocycles. The highest BCUT2D eigenvalue weighted by molar-refractivity contribution is 9.10. The van der Waals surface area contributed by atoms with Gasteiger partial charge in [-0.15, -0.1) is 0 Å². The predicted molar refractivity (Wildman–Crippen MR) is 129 cm³/mol. The number of carbonyl (C=O) groups is 2. The van der Waals surface area contributed by atoms with E-state index >= 15 is 0 Å². The molecule has 0 aliphatic carbocycles. The summed E-state index contributed by atoms with van der Waals surface area (Å²) in [5.41, 5.74) is 4.57. The van der Waals surface area contributed by atoms with E-state index in [9.17, 15) is 9.59 Å². The van der Waals surface area contributed by atoms with E-state index in [1.54, 1.807) is 31.2 Å². The van der Waals surface area contributed by atoms with Crippen molar-refractivity contribution in [1.29, 1.82) is 0 Å². The van der Waals surface area contributed by atoms with Gasteiger partial charge in [0.1, 0.15) is 5.82 Å². The molecule has 0 aliphatic rings. The number of imidazole rings is 1. The number of hydrogen-bond acceptors (Lipinski definition) is 4. The lowest BCUT2D eigenvalue weighted by molar-refractivity contribution is -0.124. The summed E-state index contributed by atoms with van der Waals surface area (Å²) in [7, 11) is 0. The summed E-state index contributed by atoms with van der Waals surface area (Å²) >= 11 is 3.40. The molecule has 1 unspecified atom stereocenters. The zero-order valence-corrected chi connectivity index (χ0v) is 19.3. The van der Waals surface area contributed by atoms with E-state index in [0.29, 0.717) is 17.7 Å². The number of rotatable bonds is 6. The molecule has 6 nitrogen and oxygen atoms in total. The van der Waals surface area contributed by atoms with Crippen LogP contribution in [0.2, 0.25) is 0 Å². The number of nitrogens with zero attached hydrogens (tertiary/aromatic N) is 1. The average molecular weight is 492 g/mol. The third kappa shape index (κ3) is 4.73. The van der Waals surface area contributed by atoms with Gasteiger partial charge in [-0.1, -0.05) is 48.9 Å². The van der Waals surface area contributed by atoms with E-state index in [1.807, 2.05) is 49.4 Å². The first-order valence-corrected chi connectivity index (χ1v) is 11.1. The molecule has 162 valence electrons. The minimum absolute atomic E-state index is 0.351. The van der Waals surface area contributed by atoms with E-state index in [4.69, 9.17) is 4.74 Å². The lowest BCUT2D eigenvalue weighted by atomic mass is 10.1. The van der Waals surface area contributed by atoms with Gasteiger partial charge in [0.2, 0.25) is 0 Å². The van der Waals surface area contributed by atoms with Crippen molar-refractivity contribution in [1.82, 2.24) is 9.97 Å². The third-order valence-corrected chi connectivity index (χ3v) is 5.78. The van der Waals surface area contributed by atoms with Gasteiger partial charge in [0.05, 0.1) is 22.3 Å². The van der Waals surface area contributed by atoms with Crippen LogP contribution in [0.25, 0.3) is 22.4 Å². The van der Waals surface area contributed by atoms with Gasteiger partial charge in [-0.2, -0.15) is 0 Å². The third-order valence-electron chi connectivity index (χ3n) is 5.09. The smallest absolute Gasteiger partial charge is 0.338 e. The second-order valence-electron chi connectivity index (χ2n) is 7.45. The van der Waals surface area contributed by atoms with E-state index in [2.05, 4.69) is 31.2 Å². The number of benzene rings is 3. The van der Waals surface area contributed by atoms with Crippen LogP contribution in [0.4, 0.5) is 5.69 Å². The fourth-order valence-electron chi connectivity index (χ4n) is 3.28. The van der Waals surface area contributed by atoms with Crippen molar-refractivity contribution < 1.29 is 14.3 Å². The molecule has 0 bridgehead atoms. The van der Waals surface area contributed by atoms with Gasteiger partial charge in [0.25, 0.3) is 5.91 Å². The largest absolute Gasteiger partial charge is 0.449 e. The summed E-state index contributed by atoms with van der Waals surface area (Å²) in [6.07, 6.45) is -0.554. The number of esters is 1. The molecule has 0 aliphatic heterocycles. The van der Waals surface area contributed by atoms with Gasteiger partial charge in [0, 0.05) is 10.0 Å². The van der Waals surface area contributed by atoms with Gasteiger partial charge >= 0.3 is 5.97 Å². The van der Waals surface area contributed by atoms with Crippen molar-refractivity contribution in [2.75, 3.05) is 5.32 Å². The van der Waals surface area contributed by atoms with Crippen LogP contribution < -0.4 is 5.32 Å². The molecule has 0 fully saturated rings. The molecule has 7 heteroatoms. The number of para-hydroxylation sites is 1. The van der Waals surface area contributed by atoms with Crippen LogP contribution in [0, 0.1) is 6.92 Å². The lowest BCUT2D eigenvalue weighted by Gasteiger charge is -2.16. The molecule has 1 heterocycles. The number of aryl methyl sites for hydroxylation is 1. The Morgan fingerprint density at radius 3 is 2.56 bits per heavy atom. The Kier molecular flexibility index (Phi) is 6.37. The first-order valence-electron chi connectivity index (χ1n) is 10.3. The molecule has 0 saturated carbocycles. The van der Waals surface area contributed by atoms with Crippen molar-refractivity contribution in [3.63, 3.8) is 0 Å². The standard InChI is InChI=1S/C25H22BrN3O3/c1-3-22(24(30)29-19-7-5-4-6-18(19)26)32-25(31)17-12-13-20-21(14-17)28-23(27-20)16-10-8-15(2)9-11-16/h4-14,22H,3H2,1-2H3,(H,27,28)(H,29,30). The van der Waals surface area contributed by atoms with Crippen LogP contribution in [-0.2, 0) is 9.53 Å². The molecule has 1 atom stereocenters. The number of amides is 1. The summed E-state index contributed by atoms with van der Waals surface area (Å²) in [5.74, 6) is -0.214. The molecule has 32 heavy (non-hydrogen) atoms. The molecule has 0 saturated heterocycles. The van der Waals surface area contributed by atoms with Crippen LogP contribution in [0.15, 0.2) is 71.2 Å². The van der Waals surface area contributed by atoms with Crippen molar-refractivity contribution in [2.45, 2.75) is 26.4 Å². The Morgan fingerprint density at radius 1 is 1.09 bits per heavy atom. The lowest BCUT2D eigenvalue weighted by Crippen LogP contribution is -2.32. The van der Waals surface area contributed by atoms with E-state index < -0.39 is 12.1 Å². The molecule has 4 rings (SSSR count). The first kappa shape index (κ1) is 21.8. The van der Waals surface area contributed by atoms with Crippen LogP contribution in [0.1, 0.15) is 29.3 Å². The number of H-pyrrole nitrogens is 1. The number of nitrogens with one attached hydrogen (secondary N) is 2. The number of carbonyl (C=O) groups excluding carboxylic acids is 2. The monoisotopic (exact) mass is 491 g/mol. The second kappa shape index (κ2) is 9.36. The Hall–Kier alpha value is -3.45. The Labute approximate surface area is 194 Å². The fourth-order valence-corrected chi connectivity index (χ4v) is 3.66. The minimum atomic E-state index is -0.907. The van der Waals surface area contributed by atoms with Gasteiger partial charge in [0.15, 0.2) is 6.10 Å². The van der Waals surface area contributed by atoms with Crippen molar-refractivity contribution in [2.24, 2.45) is 0 Å².